The molecule has 1 aliphatic heterocycles. The predicted octanol–water partition coefficient (Wildman–Crippen LogP) is 2.01. The minimum absolute atomic E-state index is 0.311. The summed E-state index contributed by atoms with van der Waals surface area (Å²) in [6.07, 6.45) is 1.67. The lowest BCUT2D eigenvalue weighted by molar-refractivity contribution is -0.130. The monoisotopic (exact) mass is 217 g/mol. The number of ether oxygens (including phenoxy) is 2. The van der Waals surface area contributed by atoms with Gasteiger partial charge in [-0.05, 0) is 23.8 Å². The molecule has 0 aromatic heterocycles. The fourth-order valence-corrected chi connectivity index (χ4v) is 1.40. The number of hydrogen-bond donors (Lipinski definition) is 0. The van der Waals surface area contributed by atoms with Crippen molar-refractivity contribution in [2.24, 2.45) is 4.99 Å². The van der Waals surface area contributed by atoms with Crippen LogP contribution in [0.5, 0.6) is 5.75 Å². The second kappa shape index (κ2) is 4.18. The van der Waals surface area contributed by atoms with E-state index in [1.54, 1.807) is 20.1 Å². The zero-order valence-corrected chi connectivity index (χ0v) is 9.06. The molecule has 1 heterocycles. The van der Waals surface area contributed by atoms with Gasteiger partial charge in [0.1, 0.15) is 5.75 Å². The molecule has 16 heavy (non-hydrogen) atoms. The fraction of sp³-hybridized carbons (Fsp3) is 0.167. The first kappa shape index (κ1) is 10.4. The molecule has 0 unspecified atom stereocenters. The molecule has 1 aromatic carbocycles. The van der Waals surface area contributed by atoms with Crippen LogP contribution in [0.4, 0.5) is 0 Å². The number of carbonyl (C=O) groups is 1. The van der Waals surface area contributed by atoms with Crippen LogP contribution in [0.2, 0.25) is 0 Å². The van der Waals surface area contributed by atoms with Gasteiger partial charge in [0.15, 0.2) is 11.6 Å². The van der Waals surface area contributed by atoms with Gasteiger partial charge >= 0.3 is 5.97 Å². The lowest BCUT2D eigenvalue weighted by Gasteiger charge is -2.00. The van der Waals surface area contributed by atoms with Crippen LogP contribution in [0.3, 0.4) is 0 Å². The van der Waals surface area contributed by atoms with Crippen LogP contribution in [-0.4, -0.2) is 19.0 Å². The van der Waals surface area contributed by atoms with E-state index in [9.17, 15) is 4.79 Å². The summed E-state index contributed by atoms with van der Waals surface area (Å²) in [7, 11) is 1.60. The Morgan fingerprint density at radius 1 is 1.44 bits per heavy atom. The summed E-state index contributed by atoms with van der Waals surface area (Å²) >= 11 is 0. The second-order valence-electron chi connectivity index (χ2n) is 3.33. The average Bonchev–Trinajstić information content (AvgIpc) is 2.58. The third-order valence-corrected chi connectivity index (χ3v) is 2.12. The second-order valence-corrected chi connectivity index (χ2v) is 3.33. The number of esters is 1. The van der Waals surface area contributed by atoms with Crippen molar-refractivity contribution in [1.29, 1.82) is 0 Å². The lowest BCUT2D eigenvalue weighted by Crippen LogP contribution is -1.99. The molecule has 0 atom stereocenters. The Balaban J connectivity index is 2.32. The molecule has 1 aromatic rings. The maximum Gasteiger partial charge on any atom is 0.363 e. The van der Waals surface area contributed by atoms with Crippen molar-refractivity contribution in [2.75, 3.05) is 7.11 Å². The van der Waals surface area contributed by atoms with Gasteiger partial charge < -0.3 is 9.47 Å². The lowest BCUT2D eigenvalue weighted by atomic mass is 10.2. The third kappa shape index (κ3) is 2.11. The van der Waals surface area contributed by atoms with E-state index in [1.165, 1.54) is 0 Å². The Bertz CT molecular complexity index is 489. The molecule has 0 amide bonds. The van der Waals surface area contributed by atoms with Gasteiger partial charge in [-0.25, -0.2) is 9.79 Å². The summed E-state index contributed by atoms with van der Waals surface area (Å²) in [6, 6.07) is 7.38. The van der Waals surface area contributed by atoms with Crippen molar-refractivity contribution in [3.63, 3.8) is 0 Å². The van der Waals surface area contributed by atoms with Gasteiger partial charge in [-0.3, -0.25) is 0 Å². The molecular formula is C12H11NO3. The SMILES string of the molecule is COc1cccc(/C=C2/N=C(C)OC2=O)c1. The van der Waals surface area contributed by atoms with Crippen molar-refractivity contribution in [2.45, 2.75) is 6.92 Å². The maximum absolute atomic E-state index is 11.3. The molecule has 0 fully saturated rings. The Labute approximate surface area is 93.2 Å². The standard InChI is InChI=1S/C12H11NO3/c1-8-13-11(12(14)16-8)7-9-4-3-5-10(6-9)15-2/h3-7H,1-2H3/b11-7+. The first-order chi connectivity index (χ1) is 7.69. The minimum Gasteiger partial charge on any atom is -0.497 e. The molecule has 0 radical (unpaired) electrons. The van der Waals surface area contributed by atoms with Crippen LogP contribution >= 0.6 is 0 Å². The van der Waals surface area contributed by atoms with E-state index in [1.807, 2.05) is 24.3 Å². The zero-order valence-electron chi connectivity index (χ0n) is 9.06. The summed E-state index contributed by atoms with van der Waals surface area (Å²) in [4.78, 5) is 15.3. The molecule has 0 spiro atoms. The quantitative estimate of drug-likeness (QED) is 0.562. The Kier molecular flexibility index (Phi) is 2.72. The van der Waals surface area contributed by atoms with Crippen molar-refractivity contribution >= 4 is 17.9 Å². The zero-order chi connectivity index (χ0) is 11.5. The van der Waals surface area contributed by atoms with Gasteiger partial charge in [0.05, 0.1) is 7.11 Å². The van der Waals surface area contributed by atoms with Crippen molar-refractivity contribution in [3.8, 4) is 5.75 Å². The highest BCUT2D eigenvalue weighted by Gasteiger charge is 2.19. The third-order valence-electron chi connectivity index (χ3n) is 2.12. The summed E-state index contributed by atoms with van der Waals surface area (Å²) in [6.45, 7) is 1.64. The van der Waals surface area contributed by atoms with E-state index in [4.69, 9.17) is 9.47 Å². The van der Waals surface area contributed by atoms with E-state index in [2.05, 4.69) is 4.99 Å². The highest BCUT2D eigenvalue weighted by Crippen LogP contribution is 2.18. The number of methoxy groups -OCH3 is 1. The fourth-order valence-electron chi connectivity index (χ4n) is 1.40. The van der Waals surface area contributed by atoms with Gasteiger partial charge in [0, 0.05) is 6.92 Å². The van der Waals surface area contributed by atoms with Crippen molar-refractivity contribution in [3.05, 3.63) is 35.5 Å². The van der Waals surface area contributed by atoms with E-state index < -0.39 is 5.97 Å². The average molecular weight is 217 g/mol. The van der Waals surface area contributed by atoms with Crippen molar-refractivity contribution in [1.82, 2.24) is 0 Å². The van der Waals surface area contributed by atoms with Gasteiger partial charge in [-0.15, -0.1) is 0 Å². The Morgan fingerprint density at radius 3 is 2.88 bits per heavy atom. The van der Waals surface area contributed by atoms with Crippen LogP contribution in [-0.2, 0) is 9.53 Å². The first-order valence-corrected chi connectivity index (χ1v) is 4.82. The summed E-state index contributed by atoms with van der Waals surface area (Å²) in [5.74, 6) is 0.695. The molecular weight excluding hydrogens is 206 g/mol. The number of benzene rings is 1. The molecule has 0 N–H and O–H groups in total. The highest BCUT2D eigenvalue weighted by molar-refractivity contribution is 6.06. The number of rotatable bonds is 2. The minimum atomic E-state index is -0.416. The Morgan fingerprint density at radius 2 is 2.25 bits per heavy atom. The van der Waals surface area contributed by atoms with Gasteiger partial charge in [-0.1, -0.05) is 12.1 Å². The molecule has 82 valence electrons. The molecule has 0 bridgehead atoms. The summed E-state index contributed by atoms with van der Waals surface area (Å²) in [5, 5.41) is 0. The Hall–Kier alpha value is -2.10. The molecule has 0 saturated heterocycles. The molecule has 4 heteroatoms. The largest absolute Gasteiger partial charge is 0.497 e. The van der Waals surface area contributed by atoms with Crippen LogP contribution in [0.1, 0.15) is 12.5 Å². The topological polar surface area (TPSA) is 47.9 Å². The normalized spacial score (nSPS) is 17.2. The number of carbonyl (C=O) groups excluding carboxylic acids is 1. The van der Waals surface area contributed by atoms with E-state index >= 15 is 0 Å². The number of aliphatic imine (C=N–C) groups is 1. The van der Waals surface area contributed by atoms with Crippen LogP contribution in [0.15, 0.2) is 35.0 Å². The van der Waals surface area contributed by atoms with Crippen LogP contribution in [0.25, 0.3) is 6.08 Å². The van der Waals surface area contributed by atoms with E-state index in [0.29, 0.717) is 11.6 Å². The van der Waals surface area contributed by atoms with Crippen molar-refractivity contribution < 1.29 is 14.3 Å². The highest BCUT2D eigenvalue weighted by atomic mass is 16.6. The molecule has 0 saturated carbocycles. The number of cyclic esters (lactones) is 1. The first-order valence-electron chi connectivity index (χ1n) is 4.82. The maximum atomic E-state index is 11.3. The van der Waals surface area contributed by atoms with Crippen LogP contribution in [0, 0.1) is 0 Å². The molecule has 4 nitrogen and oxygen atoms in total. The van der Waals surface area contributed by atoms with Crippen LogP contribution < -0.4 is 4.74 Å². The smallest absolute Gasteiger partial charge is 0.363 e. The predicted molar refractivity (Wildman–Crippen MR) is 60.2 cm³/mol. The van der Waals surface area contributed by atoms with Gasteiger partial charge in [-0.2, -0.15) is 0 Å². The molecule has 1 aliphatic rings. The van der Waals surface area contributed by atoms with E-state index in [-0.39, 0.29) is 0 Å². The summed E-state index contributed by atoms with van der Waals surface area (Å²) < 4.78 is 9.90. The van der Waals surface area contributed by atoms with E-state index in [0.717, 1.165) is 11.3 Å². The molecule has 0 aliphatic carbocycles. The van der Waals surface area contributed by atoms with Gasteiger partial charge in [0.25, 0.3) is 0 Å². The molecule has 2 rings (SSSR count). The number of nitrogens with zero attached hydrogens (tertiary/aromatic N) is 1. The van der Waals surface area contributed by atoms with Gasteiger partial charge in [0.2, 0.25) is 0 Å². The number of hydrogen-bond acceptors (Lipinski definition) is 4. The summed E-state index contributed by atoms with van der Waals surface area (Å²) in [5.41, 5.74) is 1.16.